The monoisotopic (exact) mass is 377 g/mol. The smallest absolute Gasteiger partial charge is 0.355 e. The third kappa shape index (κ3) is 4.59. The molecule has 1 fully saturated rings. The SMILES string of the molecule is CCC1CCCCN1C(=O)c1cc(Nc2ccc(C(F)(F)F)cc2)ccn1. The fourth-order valence-electron chi connectivity index (χ4n) is 3.37. The number of piperidine rings is 1. The Kier molecular flexibility index (Phi) is 5.68. The van der Waals surface area contributed by atoms with E-state index in [9.17, 15) is 18.0 Å². The average molecular weight is 377 g/mol. The lowest BCUT2D eigenvalue weighted by Crippen LogP contribution is -2.43. The van der Waals surface area contributed by atoms with Crippen LogP contribution in [0.3, 0.4) is 0 Å². The first kappa shape index (κ1) is 19.2. The second-order valence-electron chi connectivity index (χ2n) is 6.69. The molecule has 1 atom stereocenters. The van der Waals surface area contributed by atoms with Gasteiger partial charge in [0, 0.05) is 30.2 Å². The third-order valence-electron chi connectivity index (χ3n) is 4.84. The summed E-state index contributed by atoms with van der Waals surface area (Å²) in [7, 11) is 0. The lowest BCUT2D eigenvalue weighted by Gasteiger charge is -2.35. The summed E-state index contributed by atoms with van der Waals surface area (Å²) >= 11 is 0. The Labute approximate surface area is 156 Å². The Hall–Kier alpha value is -2.57. The fourth-order valence-corrected chi connectivity index (χ4v) is 3.37. The van der Waals surface area contributed by atoms with E-state index in [2.05, 4.69) is 17.2 Å². The van der Waals surface area contributed by atoms with Gasteiger partial charge in [-0.05, 0) is 62.1 Å². The van der Waals surface area contributed by atoms with E-state index in [1.165, 1.54) is 18.3 Å². The molecule has 1 aliphatic heterocycles. The van der Waals surface area contributed by atoms with Crippen LogP contribution in [0, 0.1) is 0 Å². The standard InChI is InChI=1S/C20H22F3N3O/c1-2-17-5-3-4-12-26(17)19(27)18-13-16(10-11-24-18)25-15-8-6-14(7-9-15)20(21,22)23/h6-11,13,17H,2-5,12H2,1H3,(H,24,25). The normalized spacial score (nSPS) is 17.6. The summed E-state index contributed by atoms with van der Waals surface area (Å²) in [6.45, 7) is 2.81. The minimum Gasteiger partial charge on any atom is -0.355 e. The number of nitrogens with zero attached hydrogens (tertiary/aromatic N) is 2. The van der Waals surface area contributed by atoms with Gasteiger partial charge in [-0.3, -0.25) is 9.78 Å². The second kappa shape index (κ2) is 7.98. The van der Waals surface area contributed by atoms with Crippen molar-refractivity contribution in [2.24, 2.45) is 0 Å². The molecule has 0 saturated carbocycles. The van der Waals surface area contributed by atoms with Crippen molar-refractivity contribution in [3.63, 3.8) is 0 Å². The van der Waals surface area contributed by atoms with Gasteiger partial charge < -0.3 is 10.2 Å². The first-order valence-electron chi connectivity index (χ1n) is 9.10. The minimum absolute atomic E-state index is 0.0994. The Bertz CT molecular complexity index is 790. The third-order valence-corrected chi connectivity index (χ3v) is 4.84. The molecule has 4 nitrogen and oxygen atoms in total. The first-order valence-corrected chi connectivity index (χ1v) is 9.10. The number of aromatic nitrogens is 1. The highest BCUT2D eigenvalue weighted by Crippen LogP contribution is 2.30. The maximum atomic E-state index is 12.8. The second-order valence-corrected chi connectivity index (χ2v) is 6.69. The predicted octanol–water partition coefficient (Wildman–Crippen LogP) is 5.25. The van der Waals surface area contributed by atoms with Gasteiger partial charge in [-0.25, -0.2) is 0 Å². The molecular weight excluding hydrogens is 355 g/mol. The van der Waals surface area contributed by atoms with Crippen molar-refractivity contribution in [1.29, 1.82) is 0 Å². The van der Waals surface area contributed by atoms with Crippen molar-refractivity contribution < 1.29 is 18.0 Å². The zero-order chi connectivity index (χ0) is 19.4. The van der Waals surface area contributed by atoms with Gasteiger partial charge in [0.2, 0.25) is 0 Å². The first-order chi connectivity index (χ1) is 12.9. The summed E-state index contributed by atoms with van der Waals surface area (Å²) in [4.78, 5) is 18.9. The van der Waals surface area contributed by atoms with E-state index >= 15 is 0 Å². The number of hydrogen-bond donors (Lipinski definition) is 1. The highest BCUT2D eigenvalue weighted by molar-refractivity contribution is 5.93. The molecule has 7 heteroatoms. The van der Waals surface area contributed by atoms with Crippen LogP contribution < -0.4 is 5.32 Å². The van der Waals surface area contributed by atoms with E-state index in [0.717, 1.165) is 44.4 Å². The van der Waals surface area contributed by atoms with Gasteiger partial charge in [0.25, 0.3) is 5.91 Å². The molecule has 1 amide bonds. The van der Waals surface area contributed by atoms with E-state index in [1.54, 1.807) is 12.1 Å². The van der Waals surface area contributed by atoms with Crippen LogP contribution in [-0.2, 0) is 6.18 Å². The molecule has 1 saturated heterocycles. The Balaban J connectivity index is 1.74. The maximum absolute atomic E-state index is 12.8. The van der Waals surface area contributed by atoms with Crippen LogP contribution in [0.2, 0.25) is 0 Å². The Morgan fingerprint density at radius 1 is 1.19 bits per heavy atom. The number of rotatable bonds is 4. The number of benzene rings is 1. The van der Waals surface area contributed by atoms with Crippen molar-refractivity contribution >= 4 is 17.3 Å². The highest BCUT2D eigenvalue weighted by Gasteiger charge is 2.30. The average Bonchev–Trinajstić information content (AvgIpc) is 2.67. The van der Waals surface area contributed by atoms with E-state index in [-0.39, 0.29) is 11.9 Å². The number of carbonyl (C=O) groups is 1. The number of pyridine rings is 1. The predicted molar refractivity (Wildman–Crippen MR) is 97.9 cm³/mol. The quantitative estimate of drug-likeness (QED) is 0.792. The summed E-state index contributed by atoms with van der Waals surface area (Å²) in [5, 5.41) is 3.03. The van der Waals surface area contributed by atoms with Crippen molar-refractivity contribution in [2.45, 2.75) is 44.8 Å². The Morgan fingerprint density at radius 2 is 1.93 bits per heavy atom. The van der Waals surface area contributed by atoms with E-state index < -0.39 is 11.7 Å². The molecular formula is C20H22F3N3O. The molecule has 2 aromatic rings. The number of halogens is 3. The van der Waals surface area contributed by atoms with E-state index in [1.807, 2.05) is 4.90 Å². The van der Waals surface area contributed by atoms with Crippen LogP contribution in [0.1, 0.15) is 48.7 Å². The van der Waals surface area contributed by atoms with Gasteiger partial charge in [0.05, 0.1) is 5.56 Å². The largest absolute Gasteiger partial charge is 0.416 e. The van der Waals surface area contributed by atoms with Crippen molar-refractivity contribution in [2.75, 3.05) is 11.9 Å². The molecule has 0 radical (unpaired) electrons. The van der Waals surface area contributed by atoms with Crippen LogP contribution in [0.5, 0.6) is 0 Å². The zero-order valence-corrected chi connectivity index (χ0v) is 15.1. The number of hydrogen-bond acceptors (Lipinski definition) is 3. The lowest BCUT2D eigenvalue weighted by atomic mass is 9.99. The number of amides is 1. The molecule has 1 unspecified atom stereocenters. The van der Waals surface area contributed by atoms with Gasteiger partial charge in [-0.15, -0.1) is 0 Å². The molecule has 1 aromatic heterocycles. The van der Waals surface area contributed by atoms with E-state index in [0.29, 0.717) is 17.1 Å². The highest BCUT2D eigenvalue weighted by atomic mass is 19.4. The number of nitrogens with one attached hydrogen (secondary N) is 1. The minimum atomic E-state index is -4.36. The fraction of sp³-hybridized carbons (Fsp3) is 0.400. The zero-order valence-electron chi connectivity index (χ0n) is 15.1. The number of carbonyl (C=O) groups excluding carboxylic acids is 1. The summed E-state index contributed by atoms with van der Waals surface area (Å²) in [5.41, 5.74) is 0.761. The number of anilines is 2. The maximum Gasteiger partial charge on any atom is 0.416 e. The topological polar surface area (TPSA) is 45.2 Å². The molecule has 2 heterocycles. The van der Waals surface area contributed by atoms with Gasteiger partial charge >= 0.3 is 6.18 Å². The van der Waals surface area contributed by atoms with E-state index in [4.69, 9.17) is 0 Å². The van der Waals surface area contributed by atoms with Gasteiger partial charge in [0.15, 0.2) is 0 Å². The summed E-state index contributed by atoms with van der Waals surface area (Å²) in [6.07, 6.45) is 1.21. The van der Waals surface area contributed by atoms with Gasteiger partial charge in [-0.1, -0.05) is 6.92 Å². The molecule has 144 valence electrons. The van der Waals surface area contributed by atoms with Crippen LogP contribution in [0.4, 0.5) is 24.5 Å². The van der Waals surface area contributed by atoms with Crippen LogP contribution in [0.15, 0.2) is 42.6 Å². The van der Waals surface area contributed by atoms with Gasteiger partial charge in [-0.2, -0.15) is 13.2 Å². The number of likely N-dealkylation sites (tertiary alicyclic amines) is 1. The van der Waals surface area contributed by atoms with Crippen molar-refractivity contribution in [3.05, 3.63) is 53.9 Å². The summed E-state index contributed by atoms with van der Waals surface area (Å²) in [5.74, 6) is -0.0994. The lowest BCUT2D eigenvalue weighted by molar-refractivity contribution is -0.137. The molecule has 1 aliphatic rings. The molecule has 3 rings (SSSR count). The van der Waals surface area contributed by atoms with Crippen LogP contribution >= 0.6 is 0 Å². The Morgan fingerprint density at radius 3 is 2.59 bits per heavy atom. The molecule has 27 heavy (non-hydrogen) atoms. The summed E-state index contributed by atoms with van der Waals surface area (Å²) < 4.78 is 38.0. The van der Waals surface area contributed by atoms with Crippen LogP contribution in [-0.4, -0.2) is 28.4 Å². The van der Waals surface area contributed by atoms with Crippen molar-refractivity contribution in [3.8, 4) is 0 Å². The van der Waals surface area contributed by atoms with Crippen LogP contribution in [0.25, 0.3) is 0 Å². The molecule has 1 aromatic carbocycles. The molecule has 0 aliphatic carbocycles. The summed E-state index contributed by atoms with van der Waals surface area (Å²) in [6, 6.07) is 8.33. The molecule has 0 spiro atoms. The van der Waals surface area contributed by atoms with Crippen molar-refractivity contribution in [1.82, 2.24) is 9.88 Å². The number of alkyl halides is 3. The molecule has 0 bridgehead atoms. The van der Waals surface area contributed by atoms with Gasteiger partial charge in [0.1, 0.15) is 5.69 Å². The molecule has 1 N–H and O–H groups in total.